The van der Waals surface area contributed by atoms with Gasteiger partial charge in [-0.25, -0.2) is 0 Å². The van der Waals surface area contributed by atoms with Gasteiger partial charge >= 0.3 is 0 Å². The lowest BCUT2D eigenvalue weighted by molar-refractivity contribution is 0.0864. The summed E-state index contributed by atoms with van der Waals surface area (Å²) in [6.07, 6.45) is 2.22. The van der Waals surface area contributed by atoms with Crippen LogP contribution in [-0.4, -0.2) is 25.7 Å². The number of nitrogens with one attached hydrogen (secondary N) is 1. The molecule has 1 fully saturated rings. The molecule has 0 saturated heterocycles. The fourth-order valence-electron chi connectivity index (χ4n) is 2.81. The predicted octanol–water partition coefficient (Wildman–Crippen LogP) is 3.77. The Morgan fingerprint density at radius 2 is 1.96 bits per heavy atom. The molecule has 1 aliphatic rings. The van der Waals surface area contributed by atoms with Gasteiger partial charge in [0.05, 0.1) is 18.2 Å². The van der Waals surface area contributed by atoms with Crippen LogP contribution in [0, 0.1) is 16.7 Å². The van der Waals surface area contributed by atoms with Gasteiger partial charge in [-0.1, -0.05) is 24.3 Å². The molecule has 0 atom stereocenters. The normalized spacial score (nSPS) is 14.6. The zero-order chi connectivity index (χ0) is 17.7. The van der Waals surface area contributed by atoms with E-state index in [0.29, 0.717) is 24.3 Å². The molecule has 2 aromatic carbocycles. The van der Waals surface area contributed by atoms with Gasteiger partial charge in [-0.2, -0.15) is 5.26 Å². The molecule has 0 heterocycles. The van der Waals surface area contributed by atoms with Gasteiger partial charge in [0.25, 0.3) is 5.91 Å². The average molecular weight is 334 g/mol. The number of benzene rings is 2. The molecule has 1 N–H and O–H groups in total. The number of rotatable bonds is 7. The zero-order valence-corrected chi connectivity index (χ0v) is 14.4. The topological polar surface area (TPSA) is 62.1 Å². The van der Waals surface area contributed by atoms with E-state index in [1.807, 2.05) is 43.3 Å². The number of hydrogen-bond acceptors (Lipinski definition) is 3. The van der Waals surface area contributed by atoms with Gasteiger partial charge in [-0.3, -0.25) is 4.79 Å². The minimum Gasteiger partial charge on any atom is -0.381 e. The fraction of sp³-hybridized carbons (Fsp3) is 0.333. The molecule has 3 rings (SSSR count). The van der Waals surface area contributed by atoms with Crippen LogP contribution in [0.1, 0.15) is 35.7 Å². The van der Waals surface area contributed by atoms with Gasteiger partial charge in [0.15, 0.2) is 0 Å². The number of hydrogen-bond donors (Lipinski definition) is 1. The lowest BCUT2D eigenvalue weighted by Gasteiger charge is -2.16. The fourth-order valence-corrected chi connectivity index (χ4v) is 2.81. The van der Waals surface area contributed by atoms with Crippen LogP contribution in [0.3, 0.4) is 0 Å². The molecule has 1 amide bonds. The maximum absolute atomic E-state index is 12.5. The predicted molar refractivity (Wildman–Crippen MR) is 97.1 cm³/mol. The maximum atomic E-state index is 12.5. The second-order valence-corrected chi connectivity index (χ2v) is 6.59. The van der Waals surface area contributed by atoms with Crippen molar-refractivity contribution in [3.63, 3.8) is 0 Å². The van der Waals surface area contributed by atoms with Crippen molar-refractivity contribution in [2.45, 2.75) is 19.8 Å². The van der Waals surface area contributed by atoms with Crippen LogP contribution in [0.5, 0.6) is 0 Å². The number of carbonyl (C=O) groups is 1. The lowest BCUT2D eigenvalue weighted by atomic mass is 10.0. The summed E-state index contributed by atoms with van der Waals surface area (Å²) in [6.45, 7) is 4.08. The number of amides is 1. The summed E-state index contributed by atoms with van der Waals surface area (Å²) >= 11 is 0. The van der Waals surface area contributed by atoms with Crippen LogP contribution in [0.2, 0.25) is 0 Å². The van der Waals surface area contributed by atoms with E-state index < -0.39 is 0 Å². The highest BCUT2D eigenvalue weighted by atomic mass is 16.5. The minimum absolute atomic E-state index is 0.0572. The van der Waals surface area contributed by atoms with E-state index in [1.54, 1.807) is 12.1 Å². The van der Waals surface area contributed by atoms with E-state index in [1.165, 1.54) is 0 Å². The molecule has 0 aliphatic heterocycles. The molecule has 1 saturated carbocycles. The van der Waals surface area contributed by atoms with Crippen molar-refractivity contribution in [3.8, 4) is 17.2 Å². The lowest BCUT2D eigenvalue weighted by Crippen LogP contribution is -2.32. The number of nitrogens with zero attached hydrogens (tertiary/aromatic N) is 1. The average Bonchev–Trinajstić information content (AvgIpc) is 3.45. The summed E-state index contributed by atoms with van der Waals surface area (Å²) in [6, 6.07) is 17.0. The van der Waals surface area contributed by atoms with Crippen LogP contribution in [-0.2, 0) is 4.74 Å². The molecule has 0 spiro atoms. The molecule has 0 radical (unpaired) electrons. The van der Waals surface area contributed by atoms with E-state index in [4.69, 9.17) is 10.00 Å². The van der Waals surface area contributed by atoms with Gasteiger partial charge in [-0.05, 0) is 55.2 Å². The van der Waals surface area contributed by atoms with Crippen LogP contribution >= 0.6 is 0 Å². The van der Waals surface area contributed by atoms with Crippen molar-refractivity contribution >= 4 is 5.91 Å². The second kappa shape index (κ2) is 7.50. The summed E-state index contributed by atoms with van der Waals surface area (Å²) in [5, 5.41) is 11.9. The Hall–Kier alpha value is -2.64. The molecule has 1 aliphatic carbocycles. The van der Waals surface area contributed by atoms with Gasteiger partial charge in [-0.15, -0.1) is 0 Å². The Balaban J connectivity index is 1.66. The SMILES string of the molecule is CCOCC1(CNC(=O)c2cccc(-c3ccc(C#N)cc3)c2)CC1. The van der Waals surface area contributed by atoms with Crippen molar-refractivity contribution in [2.75, 3.05) is 19.8 Å². The molecule has 0 bridgehead atoms. The van der Waals surface area contributed by atoms with E-state index in [2.05, 4.69) is 11.4 Å². The van der Waals surface area contributed by atoms with Crippen molar-refractivity contribution in [2.24, 2.45) is 5.41 Å². The molecule has 4 nitrogen and oxygen atoms in total. The maximum Gasteiger partial charge on any atom is 0.251 e. The molecule has 0 aromatic heterocycles. The first-order valence-corrected chi connectivity index (χ1v) is 8.62. The van der Waals surface area contributed by atoms with E-state index >= 15 is 0 Å². The summed E-state index contributed by atoms with van der Waals surface area (Å²) in [5.41, 5.74) is 3.36. The van der Waals surface area contributed by atoms with Crippen molar-refractivity contribution in [3.05, 3.63) is 59.7 Å². The smallest absolute Gasteiger partial charge is 0.251 e. The zero-order valence-electron chi connectivity index (χ0n) is 14.4. The molecule has 128 valence electrons. The van der Waals surface area contributed by atoms with Gasteiger partial charge in [0.1, 0.15) is 0 Å². The number of nitriles is 1. The number of carbonyl (C=O) groups excluding carboxylic acids is 1. The first kappa shape index (κ1) is 17.2. The van der Waals surface area contributed by atoms with Crippen LogP contribution in [0.25, 0.3) is 11.1 Å². The van der Waals surface area contributed by atoms with E-state index in [0.717, 1.165) is 30.6 Å². The molecule has 4 heteroatoms. The van der Waals surface area contributed by atoms with Crippen molar-refractivity contribution in [1.29, 1.82) is 5.26 Å². The second-order valence-electron chi connectivity index (χ2n) is 6.59. The Morgan fingerprint density at radius 1 is 1.20 bits per heavy atom. The Bertz CT molecular complexity index is 786. The first-order valence-electron chi connectivity index (χ1n) is 8.62. The largest absolute Gasteiger partial charge is 0.381 e. The van der Waals surface area contributed by atoms with E-state index in [9.17, 15) is 4.79 Å². The highest BCUT2D eigenvalue weighted by Crippen LogP contribution is 2.45. The minimum atomic E-state index is -0.0572. The summed E-state index contributed by atoms with van der Waals surface area (Å²) < 4.78 is 5.52. The number of ether oxygens (including phenoxy) is 1. The Kier molecular flexibility index (Phi) is 5.16. The highest BCUT2D eigenvalue weighted by Gasteiger charge is 2.42. The summed E-state index contributed by atoms with van der Waals surface area (Å²) in [4.78, 5) is 12.5. The van der Waals surface area contributed by atoms with Crippen LogP contribution in [0.15, 0.2) is 48.5 Å². The third-order valence-electron chi connectivity index (χ3n) is 4.67. The third-order valence-corrected chi connectivity index (χ3v) is 4.67. The molecule has 0 unspecified atom stereocenters. The first-order chi connectivity index (χ1) is 12.2. The molecular formula is C21H22N2O2. The standard InChI is InChI=1S/C21H22N2O2/c1-2-25-15-21(10-11-21)14-23-20(24)19-5-3-4-18(12-19)17-8-6-16(13-22)7-9-17/h3-9,12H,2,10-11,14-15H2,1H3,(H,23,24). The van der Waals surface area contributed by atoms with Crippen LogP contribution in [0.4, 0.5) is 0 Å². The third kappa shape index (κ3) is 4.26. The van der Waals surface area contributed by atoms with Gasteiger partial charge < -0.3 is 10.1 Å². The van der Waals surface area contributed by atoms with E-state index in [-0.39, 0.29) is 11.3 Å². The summed E-state index contributed by atoms with van der Waals surface area (Å²) in [5.74, 6) is -0.0572. The quantitative estimate of drug-likeness (QED) is 0.838. The molecular weight excluding hydrogens is 312 g/mol. The Morgan fingerprint density at radius 3 is 2.60 bits per heavy atom. The molecule has 2 aromatic rings. The van der Waals surface area contributed by atoms with Crippen LogP contribution < -0.4 is 5.32 Å². The van der Waals surface area contributed by atoms with Crippen molar-refractivity contribution < 1.29 is 9.53 Å². The monoisotopic (exact) mass is 334 g/mol. The highest BCUT2D eigenvalue weighted by molar-refractivity contribution is 5.95. The molecule has 25 heavy (non-hydrogen) atoms. The van der Waals surface area contributed by atoms with Crippen molar-refractivity contribution in [1.82, 2.24) is 5.32 Å². The van der Waals surface area contributed by atoms with Gasteiger partial charge in [0, 0.05) is 24.1 Å². The Labute approximate surface area is 148 Å². The summed E-state index contributed by atoms with van der Waals surface area (Å²) in [7, 11) is 0. The van der Waals surface area contributed by atoms with Gasteiger partial charge in [0.2, 0.25) is 0 Å².